The Hall–Kier alpha value is -3.68. The average molecular weight is 398 g/mol. The van der Waals surface area contributed by atoms with E-state index in [1.165, 1.54) is 18.2 Å². The van der Waals surface area contributed by atoms with Crippen LogP contribution in [0.15, 0.2) is 84.9 Å². The standard InChI is InChI=1S/C21H17F3N4O/c1-29-19-11-13-27(17-9-5-6-15(14-17)21(22,23)24)26-20(19)18-10-12-25-28(18)16-7-3-2-4-8-16/h2-14,26H,1H3. The number of halogens is 3. The number of allylic oxidation sites excluding steroid dienone is 1. The molecule has 2 heterocycles. The smallest absolute Gasteiger partial charge is 0.416 e. The van der Waals surface area contributed by atoms with Gasteiger partial charge in [-0.15, -0.1) is 0 Å². The van der Waals surface area contributed by atoms with E-state index in [1.807, 2.05) is 30.3 Å². The van der Waals surface area contributed by atoms with Gasteiger partial charge < -0.3 is 4.74 Å². The number of alkyl halides is 3. The number of ether oxygens (including phenoxy) is 1. The Kier molecular flexibility index (Phi) is 4.75. The summed E-state index contributed by atoms with van der Waals surface area (Å²) in [5, 5.41) is 5.88. The van der Waals surface area contributed by atoms with Gasteiger partial charge in [0.2, 0.25) is 0 Å². The molecule has 4 rings (SSSR count). The molecule has 0 atom stereocenters. The third kappa shape index (κ3) is 3.69. The van der Waals surface area contributed by atoms with Gasteiger partial charge in [-0.05, 0) is 36.4 Å². The van der Waals surface area contributed by atoms with Crippen LogP contribution >= 0.6 is 0 Å². The van der Waals surface area contributed by atoms with Gasteiger partial charge in [0.25, 0.3) is 0 Å². The Morgan fingerprint density at radius 1 is 0.966 bits per heavy atom. The van der Waals surface area contributed by atoms with Crippen molar-refractivity contribution in [1.29, 1.82) is 0 Å². The SMILES string of the molecule is COC1=C(c2ccnn2-c2ccccc2)NN(c2cccc(C(F)(F)F)c2)C=C1. The number of hydrogen-bond donors (Lipinski definition) is 1. The zero-order valence-corrected chi connectivity index (χ0v) is 15.4. The molecule has 0 unspecified atom stereocenters. The van der Waals surface area contributed by atoms with Gasteiger partial charge in [-0.1, -0.05) is 24.3 Å². The summed E-state index contributed by atoms with van der Waals surface area (Å²) < 4.78 is 46.5. The fraction of sp³-hybridized carbons (Fsp3) is 0.0952. The number of hydrogen-bond acceptors (Lipinski definition) is 4. The number of rotatable bonds is 4. The third-order valence-electron chi connectivity index (χ3n) is 4.42. The van der Waals surface area contributed by atoms with Crippen LogP contribution < -0.4 is 10.4 Å². The Balaban J connectivity index is 1.71. The number of para-hydroxylation sites is 1. The van der Waals surface area contributed by atoms with Crippen molar-refractivity contribution in [3.63, 3.8) is 0 Å². The Labute approximate surface area is 165 Å². The molecule has 0 radical (unpaired) electrons. The molecule has 0 fully saturated rings. The van der Waals surface area contributed by atoms with Gasteiger partial charge >= 0.3 is 6.18 Å². The number of nitrogens with zero attached hydrogens (tertiary/aromatic N) is 3. The van der Waals surface area contributed by atoms with Crippen molar-refractivity contribution in [1.82, 2.24) is 15.2 Å². The van der Waals surface area contributed by atoms with Gasteiger partial charge in [0.05, 0.1) is 35.9 Å². The number of aromatic nitrogens is 2. The van der Waals surface area contributed by atoms with Crippen LogP contribution in [0.2, 0.25) is 0 Å². The average Bonchev–Trinajstić information content (AvgIpc) is 3.23. The van der Waals surface area contributed by atoms with Gasteiger partial charge in [0.1, 0.15) is 11.5 Å². The zero-order valence-electron chi connectivity index (χ0n) is 15.4. The van der Waals surface area contributed by atoms with Crippen molar-refractivity contribution in [3.05, 3.63) is 96.2 Å². The first-order valence-corrected chi connectivity index (χ1v) is 8.77. The topological polar surface area (TPSA) is 42.3 Å². The quantitative estimate of drug-likeness (QED) is 0.689. The van der Waals surface area contributed by atoms with Crippen molar-refractivity contribution in [3.8, 4) is 5.69 Å². The molecule has 0 amide bonds. The van der Waals surface area contributed by atoms with E-state index in [0.717, 1.165) is 17.8 Å². The van der Waals surface area contributed by atoms with Crippen LogP contribution in [0, 0.1) is 0 Å². The first-order chi connectivity index (χ1) is 14.0. The molecule has 148 valence electrons. The number of hydrazine groups is 1. The molecule has 0 aliphatic carbocycles. The number of methoxy groups -OCH3 is 1. The van der Waals surface area contributed by atoms with Crippen molar-refractivity contribution in [2.75, 3.05) is 12.1 Å². The normalized spacial score (nSPS) is 14.1. The second-order valence-corrected chi connectivity index (χ2v) is 6.25. The van der Waals surface area contributed by atoms with E-state index < -0.39 is 11.7 Å². The molecular weight excluding hydrogens is 381 g/mol. The summed E-state index contributed by atoms with van der Waals surface area (Å²) in [7, 11) is 1.53. The third-order valence-corrected chi connectivity index (χ3v) is 4.42. The van der Waals surface area contributed by atoms with Crippen LogP contribution in [-0.4, -0.2) is 16.9 Å². The van der Waals surface area contributed by atoms with E-state index in [4.69, 9.17) is 4.74 Å². The van der Waals surface area contributed by atoms with E-state index >= 15 is 0 Å². The monoisotopic (exact) mass is 398 g/mol. The van der Waals surface area contributed by atoms with Crippen LogP contribution in [0.25, 0.3) is 11.4 Å². The predicted octanol–water partition coefficient (Wildman–Crippen LogP) is 4.74. The Morgan fingerprint density at radius 3 is 2.45 bits per heavy atom. The van der Waals surface area contributed by atoms with E-state index in [2.05, 4.69) is 10.5 Å². The van der Waals surface area contributed by atoms with Crippen LogP contribution in [0.3, 0.4) is 0 Å². The molecule has 1 aromatic heterocycles. The van der Waals surface area contributed by atoms with Crippen LogP contribution in [0.1, 0.15) is 11.3 Å². The lowest BCUT2D eigenvalue weighted by Gasteiger charge is -2.29. The maximum atomic E-state index is 13.1. The molecule has 2 aromatic carbocycles. The molecule has 0 saturated carbocycles. The number of benzene rings is 2. The summed E-state index contributed by atoms with van der Waals surface area (Å²) in [6.07, 6.45) is 0.532. The fourth-order valence-electron chi connectivity index (χ4n) is 3.04. The minimum atomic E-state index is -4.42. The van der Waals surface area contributed by atoms with Crippen molar-refractivity contribution in [2.24, 2.45) is 0 Å². The molecule has 3 aromatic rings. The molecule has 0 spiro atoms. The molecule has 0 saturated heterocycles. The van der Waals surface area contributed by atoms with Crippen molar-refractivity contribution < 1.29 is 17.9 Å². The summed E-state index contributed by atoms with van der Waals surface area (Å²) in [5.41, 5.74) is 4.88. The van der Waals surface area contributed by atoms with Crippen LogP contribution in [0.4, 0.5) is 18.9 Å². The van der Waals surface area contributed by atoms with Gasteiger partial charge in [-0.25, -0.2) is 4.68 Å². The second kappa shape index (κ2) is 7.38. The second-order valence-electron chi connectivity index (χ2n) is 6.25. The minimum absolute atomic E-state index is 0.342. The number of anilines is 1. The largest absolute Gasteiger partial charge is 0.494 e. The van der Waals surface area contributed by atoms with Crippen LogP contribution in [-0.2, 0) is 10.9 Å². The minimum Gasteiger partial charge on any atom is -0.494 e. The summed E-state index contributed by atoms with van der Waals surface area (Å²) in [6.45, 7) is 0. The maximum Gasteiger partial charge on any atom is 0.416 e. The Bertz CT molecular complexity index is 1070. The fourth-order valence-corrected chi connectivity index (χ4v) is 3.04. The highest BCUT2D eigenvalue weighted by atomic mass is 19.4. The van der Waals surface area contributed by atoms with Crippen molar-refractivity contribution >= 4 is 11.4 Å². The molecule has 1 aliphatic rings. The van der Waals surface area contributed by atoms with Gasteiger partial charge in [0, 0.05) is 12.3 Å². The molecule has 0 bridgehead atoms. The highest BCUT2D eigenvalue weighted by Crippen LogP contribution is 2.33. The summed E-state index contributed by atoms with van der Waals surface area (Å²) in [6, 6.07) is 16.4. The maximum absolute atomic E-state index is 13.1. The zero-order chi connectivity index (χ0) is 20.4. The van der Waals surface area contributed by atoms with Crippen LogP contribution in [0.5, 0.6) is 0 Å². The van der Waals surface area contributed by atoms with E-state index in [-0.39, 0.29) is 0 Å². The van der Waals surface area contributed by atoms with Gasteiger partial charge in [0.15, 0.2) is 0 Å². The van der Waals surface area contributed by atoms with E-state index in [1.54, 1.807) is 35.3 Å². The Morgan fingerprint density at radius 2 is 1.72 bits per heavy atom. The highest BCUT2D eigenvalue weighted by molar-refractivity contribution is 5.71. The molecule has 1 N–H and O–H groups in total. The lowest BCUT2D eigenvalue weighted by Crippen LogP contribution is -2.36. The lowest BCUT2D eigenvalue weighted by molar-refractivity contribution is -0.137. The van der Waals surface area contributed by atoms with Crippen molar-refractivity contribution in [2.45, 2.75) is 6.18 Å². The summed E-state index contributed by atoms with van der Waals surface area (Å²) >= 11 is 0. The lowest BCUT2D eigenvalue weighted by atomic mass is 10.2. The first kappa shape index (κ1) is 18.7. The summed E-state index contributed by atoms with van der Waals surface area (Å²) in [4.78, 5) is 0. The van der Waals surface area contributed by atoms with Gasteiger partial charge in [-0.3, -0.25) is 10.4 Å². The van der Waals surface area contributed by atoms with E-state index in [0.29, 0.717) is 22.8 Å². The molecular formula is C21H17F3N4O. The van der Waals surface area contributed by atoms with E-state index in [9.17, 15) is 13.2 Å². The molecule has 1 aliphatic heterocycles. The first-order valence-electron chi connectivity index (χ1n) is 8.77. The molecule has 5 nitrogen and oxygen atoms in total. The number of nitrogens with one attached hydrogen (secondary N) is 1. The highest BCUT2D eigenvalue weighted by Gasteiger charge is 2.31. The van der Waals surface area contributed by atoms with Gasteiger partial charge in [-0.2, -0.15) is 18.3 Å². The summed E-state index contributed by atoms with van der Waals surface area (Å²) in [5.74, 6) is 0.533. The molecule has 29 heavy (non-hydrogen) atoms. The molecule has 8 heteroatoms. The predicted molar refractivity (Wildman–Crippen MR) is 104 cm³/mol.